The summed E-state index contributed by atoms with van der Waals surface area (Å²) in [5, 5.41) is 2.58. The molecule has 0 aromatic heterocycles. The molecule has 1 fully saturated rings. The monoisotopic (exact) mass is 419 g/mol. The minimum absolute atomic E-state index is 0.0789. The Bertz CT molecular complexity index is 957. The van der Waals surface area contributed by atoms with E-state index in [1.54, 1.807) is 48.4 Å². The van der Waals surface area contributed by atoms with Gasteiger partial charge in [-0.2, -0.15) is 0 Å². The molecule has 0 unspecified atom stereocenters. The van der Waals surface area contributed by atoms with Gasteiger partial charge in [-0.15, -0.1) is 0 Å². The van der Waals surface area contributed by atoms with E-state index in [4.69, 9.17) is 0 Å². The van der Waals surface area contributed by atoms with Gasteiger partial charge in [-0.3, -0.25) is 14.4 Å². The zero-order valence-electron chi connectivity index (χ0n) is 18.3. The van der Waals surface area contributed by atoms with Crippen LogP contribution in [0.25, 0.3) is 6.08 Å². The van der Waals surface area contributed by atoms with Crippen LogP contribution in [0, 0.1) is 0 Å². The van der Waals surface area contributed by atoms with Gasteiger partial charge >= 0.3 is 0 Å². The van der Waals surface area contributed by atoms with Crippen molar-refractivity contribution < 1.29 is 14.4 Å². The van der Waals surface area contributed by atoms with Gasteiger partial charge in [0.05, 0.1) is 5.41 Å². The second-order valence-electron chi connectivity index (χ2n) is 8.14. The van der Waals surface area contributed by atoms with Crippen molar-refractivity contribution in [3.8, 4) is 0 Å². The Morgan fingerprint density at radius 2 is 1.45 bits per heavy atom. The van der Waals surface area contributed by atoms with Crippen molar-refractivity contribution in [2.45, 2.75) is 19.3 Å². The van der Waals surface area contributed by atoms with Crippen LogP contribution in [0.1, 0.15) is 35.3 Å². The smallest absolute Gasteiger partial charge is 0.251 e. The highest BCUT2D eigenvalue weighted by Gasteiger charge is 2.35. The molecule has 162 valence electrons. The molecule has 0 aliphatic carbocycles. The number of carbonyl (C=O) groups is 3. The quantitative estimate of drug-likeness (QED) is 0.758. The van der Waals surface area contributed by atoms with E-state index in [-0.39, 0.29) is 17.7 Å². The molecule has 1 heterocycles. The van der Waals surface area contributed by atoms with Gasteiger partial charge in [-0.1, -0.05) is 42.5 Å². The van der Waals surface area contributed by atoms with Gasteiger partial charge in [0.2, 0.25) is 11.8 Å². The number of hydrogen-bond donors (Lipinski definition) is 1. The molecule has 2 aromatic rings. The maximum absolute atomic E-state index is 13.1. The number of benzene rings is 2. The number of nitrogens with zero attached hydrogens (tertiary/aromatic N) is 2. The van der Waals surface area contributed by atoms with Crippen molar-refractivity contribution in [1.29, 1.82) is 0 Å². The average molecular weight is 420 g/mol. The van der Waals surface area contributed by atoms with Gasteiger partial charge in [0.25, 0.3) is 5.91 Å². The number of rotatable bonds is 5. The van der Waals surface area contributed by atoms with E-state index >= 15 is 0 Å². The highest BCUT2D eigenvalue weighted by atomic mass is 16.2. The normalized spacial score (nSPS) is 14.5. The average Bonchev–Trinajstić information content (AvgIpc) is 2.82. The fraction of sp³-hybridized carbons (Fsp3) is 0.320. The van der Waals surface area contributed by atoms with E-state index in [1.807, 2.05) is 49.1 Å². The first-order valence-electron chi connectivity index (χ1n) is 10.5. The molecule has 0 atom stereocenters. The lowest BCUT2D eigenvalue weighted by Gasteiger charge is -2.38. The summed E-state index contributed by atoms with van der Waals surface area (Å²) in [7, 11) is 1.59. The second-order valence-corrected chi connectivity index (χ2v) is 8.14. The number of nitrogens with one attached hydrogen (secondary N) is 1. The summed E-state index contributed by atoms with van der Waals surface area (Å²) < 4.78 is 0. The maximum Gasteiger partial charge on any atom is 0.251 e. The summed E-state index contributed by atoms with van der Waals surface area (Å²) in [5.41, 5.74) is 1.81. The predicted molar refractivity (Wildman–Crippen MR) is 121 cm³/mol. The summed E-state index contributed by atoms with van der Waals surface area (Å²) in [4.78, 5) is 40.8. The Morgan fingerprint density at radius 1 is 0.871 bits per heavy atom. The standard InChI is InChI=1S/C25H29N3O3/c1-25(2,21-7-5-4-6-8-21)24(31)28-17-15-27(16-18-28)22(29)14-11-19-9-12-20(13-10-19)23(30)26-3/h4-14H,15-18H2,1-3H3,(H,26,30)/b14-11+. The van der Waals surface area contributed by atoms with Crippen LogP contribution in [0.5, 0.6) is 0 Å². The molecule has 6 heteroatoms. The van der Waals surface area contributed by atoms with Crippen molar-refractivity contribution in [2.75, 3.05) is 33.2 Å². The van der Waals surface area contributed by atoms with E-state index in [0.29, 0.717) is 31.7 Å². The number of carbonyl (C=O) groups excluding carboxylic acids is 3. The lowest BCUT2D eigenvalue weighted by Crippen LogP contribution is -2.54. The summed E-state index contributed by atoms with van der Waals surface area (Å²) in [6, 6.07) is 16.8. The Hall–Kier alpha value is -3.41. The lowest BCUT2D eigenvalue weighted by atomic mass is 9.83. The van der Waals surface area contributed by atoms with E-state index in [2.05, 4.69) is 5.32 Å². The fourth-order valence-corrected chi connectivity index (χ4v) is 3.67. The van der Waals surface area contributed by atoms with Crippen molar-refractivity contribution in [1.82, 2.24) is 15.1 Å². The van der Waals surface area contributed by atoms with Gasteiger partial charge < -0.3 is 15.1 Å². The topological polar surface area (TPSA) is 69.7 Å². The molecule has 3 rings (SSSR count). The van der Waals surface area contributed by atoms with Gasteiger partial charge in [-0.25, -0.2) is 0 Å². The minimum atomic E-state index is -0.603. The van der Waals surface area contributed by atoms with E-state index in [0.717, 1.165) is 11.1 Å². The largest absolute Gasteiger partial charge is 0.355 e. The maximum atomic E-state index is 13.1. The van der Waals surface area contributed by atoms with Crippen LogP contribution in [0.3, 0.4) is 0 Å². The van der Waals surface area contributed by atoms with Crippen LogP contribution in [-0.2, 0) is 15.0 Å². The van der Waals surface area contributed by atoms with E-state index < -0.39 is 5.41 Å². The Balaban J connectivity index is 1.55. The number of piperazine rings is 1. The summed E-state index contributed by atoms with van der Waals surface area (Å²) in [6.07, 6.45) is 3.28. The zero-order chi connectivity index (χ0) is 22.4. The zero-order valence-corrected chi connectivity index (χ0v) is 18.3. The summed E-state index contributed by atoms with van der Waals surface area (Å²) in [5.74, 6) is -0.142. The van der Waals surface area contributed by atoms with Crippen molar-refractivity contribution in [3.63, 3.8) is 0 Å². The van der Waals surface area contributed by atoms with E-state index in [9.17, 15) is 14.4 Å². The van der Waals surface area contributed by atoms with Gasteiger partial charge in [0.1, 0.15) is 0 Å². The molecular weight excluding hydrogens is 390 g/mol. The van der Waals surface area contributed by atoms with Crippen molar-refractivity contribution in [2.24, 2.45) is 0 Å². The van der Waals surface area contributed by atoms with Crippen LogP contribution in [0.15, 0.2) is 60.7 Å². The van der Waals surface area contributed by atoms with Gasteiger partial charge in [0.15, 0.2) is 0 Å². The molecule has 6 nitrogen and oxygen atoms in total. The molecular formula is C25H29N3O3. The first-order valence-corrected chi connectivity index (χ1v) is 10.5. The van der Waals surface area contributed by atoms with Gasteiger partial charge in [0, 0.05) is 44.9 Å². The molecule has 1 saturated heterocycles. The Kier molecular flexibility index (Phi) is 6.90. The molecule has 0 radical (unpaired) electrons. The lowest BCUT2D eigenvalue weighted by molar-refractivity contribution is -0.141. The Labute approximate surface area is 183 Å². The van der Waals surface area contributed by atoms with Crippen molar-refractivity contribution >= 4 is 23.8 Å². The molecule has 0 spiro atoms. The molecule has 1 aliphatic heterocycles. The Morgan fingerprint density at radius 3 is 2.03 bits per heavy atom. The highest BCUT2D eigenvalue weighted by molar-refractivity contribution is 5.95. The third-order valence-corrected chi connectivity index (χ3v) is 5.73. The molecule has 31 heavy (non-hydrogen) atoms. The molecule has 0 saturated carbocycles. The first-order chi connectivity index (χ1) is 14.8. The third-order valence-electron chi connectivity index (χ3n) is 5.73. The number of amides is 3. The van der Waals surface area contributed by atoms with Crippen LogP contribution >= 0.6 is 0 Å². The predicted octanol–water partition coefficient (Wildman–Crippen LogP) is 2.71. The van der Waals surface area contributed by atoms with Crippen molar-refractivity contribution in [3.05, 3.63) is 77.4 Å². The molecule has 1 aliphatic rings. The summed E-state index contributed by atoms with van der Waals surface area (Å²) >= 11 is 0. The third kappa shape index (κ3) is 5.20. The molecule has 3 amide bonds. The molecule has 2 aromatic carbocycles. The van der Waals surface area contributed by atoms with Gasteiger partial charge in [-0.05, 0) is 43.2 Å². The minimum Gasteiger partial charge on any atom is -0.355 e. The molecule has 1 N–H and O–H groups in total. The summed E-state index contributed by atoms with van der Waals surface area (Å²) in [6.45, 7) is 5.95. The van der Waals surface area contributed by atoms with Crippen LogP contribution in [0.2, 0.25) is 0 Å². The SMILES string of the molecule is CNC(=O)c1ccc(/C=C/C(=O)N2CCN(C(=O)C(C)(C)c3ccccc3)CC2)cc1. The van der Waals surface area contributed by atoms with Crippen LogP contribution in [0.4, 0.5) is 0 Å². The second kappa shape index (κ2) is 9.60. The fourth-order valence-electron chi connectivity index (χ4n) is 3.67. The first kappa shape index (κ1) is 22.3. The van der Waals surface area contributed by atoms with Crippen LogP contribution < -0.4 is 5.32 Å². The molecule has 0 bridgehead atoms. The highest BCUT2D eigenvalue weighted by Crippen LogP contribution is 2.26. The van der Waals surface area contributed by atoms with Crippen LogP contribution in [-0.4, -0.2) is 60.7 Å². The van der Waals surface area contributed by atoms with E-state index in [1.165, 1.54) is 0 Å². The number of hydrogen-bond acceptors (Lipinski definition) is 3.